The smallest absolute Gasteiger partial charge is 0.252 e. The number of carbonyl (C=O) groups is 1. The molecular weight excluding hydrogens is 256 g/mol. The fourth-order valence-electron chi connectivity index (χ4n) is 2.70. The van der Waals surface area contributed by atoms with Crippen LogP contribution in [0.4, 0.5) is 0 Å². The van der Waals surface area contributed by atoms with Gasteiger partial charge in [0.25, 0.3) is 5.91 Å². The Balaban J connectivity index is 1.87. The van der Waals surface area contributed by atoms with Crippen molar-refractivity contribution < 1.29 is 9.90 Å². The Morgan fingerprint density at radius 3 is 2.70 bits per heavy atom. The van der Waals surface area contributed by atoms with Crippen molar-refractivity contribution in [2.45, 2.75) is 44.6 Å². The van der Waals surface area contributed by atoms with Crippen molar-refractivity contribution in [3.63, 3.8) is 0 Å². The molecule has 20 heavy (non-hydrogen) atoms. The minimum absolute atomic E-state index is 0.238. The fraction of sp³-hybridized carbons (Fsp3) is 0.600. The lowest BCUT2D eigenvalue weighted by atomic mass is 9.78. The molecule has 1 aromatic heterocycles. The van der Waals surface area contributed by atoms with E-state index in [9.17, 15) is 14.7 Å². The van der Waals surface area contributed by atoms with Crippen LogP contribution in [0.15, 0.2) is 23.1 Å². The summed E-state index contributed by atoms with van der Waals surface area (Å²) >= 11 is 0. The molecule has 0 saturated heterocycles. The Morgan fingerprint density at radius 2 is 2.15 bits per heavy atom. The van der Waals surface area contributed by atoms with Crippen LogP contribution in [0.5, 0.6) is 0 Å². The maximum Gasteiger partial charge on any atom is 0.252 e. The Hall–Kier alpha value is -1.62. The largest absolute Gasteiger partial charge is 0.388 e. The van der Waals surface area contributed by atoms with Gasteiger partial charge in [-0.05, 0) is 37.7 Å². The fourth-order valence-corrected chi connectivity index (χ4v) is 2.70. The van der Waals surface area contributed by atoms with Crippen LogP contribution in [-0.2, 0) is 0 Å². The zero-order chi connectivity index (χ0) is 14.6. The quantitative estimate of drug-likeness (QED) is 0.779. The SMILES string of the molecule is CCC1CCC(O)(CNC(=O)c2ccc(=O)[nH]c2)CC1. The van der Waals surface area contributed by atoms with Gasteiger partial charge in [-0.1, -0.05) is 13.3 Å². The number of rotatable bonds is 4. The van der Waals surface area contributed by atoms with Gasteiger partial charge in [0.2, 0.25) is 5.56 Å². The molecule has 1 aliphatic rings. The van der Waals surface area contributed by atoms with Crippen LogP contribution in [0, 0.1) is 5.92 Å². The molecule has 0 aromatic carbocycles. The molecule has 2 rings (SSSR count). The molecule has 0 atom stereocenters. The normalized spacial score (nSPS) is 26.2. The number of H-pyrrole nitrogens is 1. The molecule has 1 aliphatic carbocycles. The first-order valence-electron chi connectivity index (χ1n) is 7.22. The van der Waals surface area contributed by atoms with Gasteiger partial charge in [0, 0.05) is 18.8 Å². The molecule has 0 radical (unpaired) electrons. The van der Waals surface area contributed by atoms with Crippen LogP contribution in [-0.4, -0.2) is 28.1 Å². The molecule has 1 heterocycles. The number of aromatic nitrogens is 1. The Kier molecular flexibility index (Phi) is 4.60. The van der Waals surface area contributed by atoms with Crippen LogP contribution in [0.1, 0.15) is 49.4 Å². The highest BCUT2D eigenvalue weighted by Crippen LogP contribution is 2.33. The van der Waals surface area contributed by atoms with Gasteiger partial charge < -0.3 is 15.4 Å². The van der Waals surface area contributed by atoms with Crippen molar-refractivity contribution in [1.82, 2.24) is 10.3 Å². The van der Waals surface area contributed by atoms with Gasteiger partial charge in [-0.15, -0.1) is 0 Å². The molecule has 0 bridgehead atoms. The van der Waals surface area contributed by atoms with Gasteiger partial charge in [-0.25, -0.2) is 0 Å². The van der Waals surface area contributed by atoms with Gasteiger partial charge in [-0.3, -0.25) is 9.59 Å². The van der Waals surface area contributed by atoms with Crippen LogP contribution < -0.4 is 10.9 Å². The molecule has 1 amide bonds. The molecule has 5 heteroatoms. The van der Waals surface area contributed by atoms with Gasteiger partial charge in [0.1, 0.15) is 0 Å². The van der Waals surface area contributed by atoms with Crippen LogP contribution in [0.2, 0.25) is 0 Å². The lowest BCUT2D eigenvalue weighted by Crippen LogP contribution is -2.45. The summed E-state index contributed by atoms with van der Waals surface area (Å²) in [6, 6.07) is 2.79. The highest BCUT2D eigenvalue weighted by Gasteiger charge is 2.32. The number of nitrogens with one attached hydrogen (secondary N) is 2. The number of aromatic amines is 1. The first-order chi connectivity index (χ1) is 9.52. The highest BCUT2D eigenvalue weighted by atomic mass is 16.3. The van der Waals surface area contributed by atoms with E-state index < -0.39 is 5.60 Å². The topological polar surface area (TPSA) is 82.2 Å². The Morgan fingerprint density at radius 1 is 1.45 bits per heavy atom. The minimum atomic E-state index is -0.788. The van der Waals surface area contributed by atoms with E-state index in [0.29, 0.717) is 11.5 Å². The van der Waals surface area contributed by atoms with E-state index >= 15 is 0 Å². The predicted molar refractivity (Wildman–Crippen MR) is 76.6 cm³/mol. The molecule has 0 unspecified atom stereocenters. The summed E-state index contributed by atoms with van der Waals surface area (Å²) in [5, 5.41) is 13.2. The van der Waals surface area contributed by atoms with E-state index in [4.69, 9.17) is 0 Å². The summed E-state index contributed by atoms with van der Waals surface area (Å²) in [7, 11) is 0. The number of carbonyl (C=O) groups excluding carboxylic acids is 1. The summed E-state index contributed by atoms with van der Waals surface area (Å²) < 4.78 is 0. The number of hydrogen-bond donors (Lipinski definition) is 3. The van der Waals surface area contributed by atoms with Crippen molar-refractivity contribution in [3.8, 4) is 0 Å². The van der Waals surface area contributed by atoms with E-state index in [2.05, 4.69) is 17.2 Å². The first-order valence-corrected chi connectivity index (χ1v) is 7.22. The van der Waals surface area contributed by atoms with Crippen molar-refractivity contribution in [3.05, 3.63) is 34.2 Å². The standard InChI is InChI=1S/C15H22N2O3/c1-2-11-5-7-15(20,8-6-11)10-17-14(19)12-3-4-13(18)16-9-12/h3-4,9,11,20H,2,5-8,10H2,1H3,(H,16,18)(H,17,19). The highest BCUT2D eigenvalue weighted by molar-refractivity contribution is 5.93. The maximum absolute atomic E-state index is 11.9. The van der Waals surface area contributed by atoms with Crippen LogP contribution >= 0.6 is 0 Å². The minimum Gasteiger partial charge on any atom is -0.388 e. The van der Waals surface area contributed by atoms with E-state index in [0.717, 1.165) is 32.1 Å². The zero-order valence-corrected chi connectivity index (χ0v) is 11.8. The van der Waals surface area contributed by atoms with Crippen molar-refractivity contribution in [2.75, 3.05) is 6.54 Å². The molecular formula is C15H22N2O3. The van der Waals surface area contributed by atoms with E-state index in [1.54, 1.807) is 0 Å². The third-order valence-corrected chi connectivity index (χ3v) is 4.24. The Labute approximate surface area is 118 Å². The zero-order valence-electron chi connectivity index (χ0n) is 11.8. The van der Waals surface area contributed by atoms with Gasteiger partial charge in [0.15, 0.2) is 0 Å². The van der Waals surface area contributed by atoms with Gasteiger partial charge in [-0.2, -0.15) is 0 Å². The molecule has 1 fully saturated rings. The van der Waals surface area contributed by atoms with Gasteiger partial charge in [0.05, 0.1) is 11.2 Å². The summed E-state index contributed by atoms with van der Waals surface area (Å²) in [5.74, 6) is 0.428. The summed E-state index contributed by atoms with van der Waals surface area (Å²) in [4.78, 5) is 25.3. The van der Waals surface area contributed by atoms with E-state index in [1.807, 2.05) is 0 Å². The van der Waals surface area contributed by atoms with Crippen molar-refractivity contribution >= 4 is 5.91 Å². The van der Waals surface area contributed by atoms with Crippen molar-refractivity contribution in [2.24, 2.45) is 5.92 Å². The number of aliphatic hydroxyl groups is 1. The molecule has 1 saturated carbocycles. The number of pyridine rings is 1. The molecule has 110 valence electrons. The third kappa shape index (κ3) is 3.70. The second-order valence-corrected chi connectivity index (χ2v) is 5.70. The lowest BCUT2D eigenvalue weighted by molar-refractivity contribution is -0.00786. The van der Waals surface area contributed by atoms with Gasteiger partial charge >= 0.3 is 0 Å². The predicted octanol–water partition coefficient (Wildman–Crippen LogP) is 1.44. The molecule has 1 aromatic rings. The third-order valence-electron chi connectivity index (χ3n) is 4.24. The average Bonchev–Trinajstić information content (AvgIpc) is 2.46. The second-order valence-electron chi connectivity index (χ2n) is 5.70. The monoisotopic (exact) mass is 278 g/mol. The lowest BCUT2D eigenvalue weighted by Gasteiger charge is -2.35. The number of amides is 1. The summed E-state index contributed by atoms with van der Waals surface area (Å²) in [6.07, 6.45) is 6.04. The maximum atomic E-state index is 11.9. The Bertz CT molecular complexity index is 496. The second kappa shape index (κ2) is 6.22. The summed E-state index contributed by atoms with van der Waals surface area (Å²) in [5.41, 5.74) is -0.628. The molecule has 0 aliphatic heterocycles. The average molecular weight is 278 g/mol. The van der Waals surface area contributed by atoms with Crippen LogP contribution in [0.25, 0.3) is 0 Å². The molecule has 5 nitrogen and oxygen atoms in total. The first kappa shape index (κ1) is 14.8. The molecule has 3 N–H and O–H groups in total. The summed E-state index contributed by atoms with van der Waals surface area (Å²) in [6.45, 7) is 2.44. The van der Waals surface area contributed by atoms with E-state index in [1.165, 1.54) is 18.3 Å². The molecule has 0 spiro atoms. The number of hydrogen-bond acceptors (Lipinski definition) is 3. The van der Waals surface area contributed by atoms with E-state index in [-0.39, 0.29) is 18.0 Å². The van der Waals surface area contributed by atoms with Crippen molar-refractivity contribution in [1.29, 1.82) is 0 Å². The van der Waals surface area contributed by atoms with Crippen LogP contribution in [0.3, 0.4) is 0 Å².